The zero-order valence-corrected chi connectivity index (χ0v) is 11.2. The molecule has 0 atom stereocenters. The third-order valence-corrected chi connectivity index (χ3v) is 2.66. The largest absolute Gasteiger partial charge is 0.487 e. The Morgan fingerprint density at radius 3 is 2.76 bits per heavy atom. The Hall–Kier alpha value is -2.76. The van der Waals surface area contributed by atoms with Crippen LogP contribution < -0.4 is 4.74 Å². The van der Waals surface area contributed by atoms with Crippen molar-refractivity contribution in [2.75, 3.05) is 7.11 Å². The highest BCUT2D eigenvalue weighted by molar-refractivity contribution is 5.88. The molecule has 0 aliphatic carbocycles. The van der Waals surface area contributed by atoms with E-state index < -0.39 is 11.8 Å². The van der Waals surface area contributed by atoms with Crippen LogP contribution in [-0.2, 0) is 11.3 Å². The summed E-state index contributed by atoms with van der Waals surface area (Å²) in [4.78, 5) is 25.9. The van der Waals surface area contributed by atoms with Gasteiger partial charge in [0.1, 0.15) is 24.5 Å². The van der Waals surface area contributed by atoms with Crippen LogP contribution in [-0.4, -0.2) is 24.3 Å². The van der Waals surface area contributed by atoms with E-state index in [-0.39, 0.29) is 17.9 Å². The van der Waals surface area contributed by atoms with Crippen molar-refractivity contribution in [1.29, 1.82) is 0 Å². The minimum Gasteiger partial charge on any atom is -0.487 e. The second-order valence-corrected chi connectivity index (χ2v) is 4.16. The second-order valence-electron chi connectivity index (χ2n) is 4.16. The lowest BCUT2D eigenvalue weighted by Crippen LogP contribution is -2.04. The maximum atomic E-state index is 13.2. The van der Waals surface area contributed by atoms with Crippen LogP contribution in [0.4, 0.5) is 4.39 Å². The molecule has 0 spiro atoms. The molecule has 108 valence electrons. The molecule has 0 aliphatic rings. The monoisotopic (exact) mass is 289 g/mol. The molecular weight excluding hydrogens is 277 g/mol. The average Bonchev–Trinajstić information content (AvgIpc) is 2.52. The lowest BCUT2D eigenvalue weighted by atomic mass is 10.2. The first kappa shape index (κ1) is 14.6. The second kappa shape index (κ2) is 6.60. The molecule has 0 amide bonds. The number of hydrogen-bond acceptors (Lipinski definition) is 5. The molecule has 21 heavy (non-hydrogen) atoms. The van der Waals surface area contributed by atoms with Crippen molar-refractivity contribution >= 4 is 12.3 Å². The Morgan fingerprint density at radius 1 is 1.33 bits per heavy atom. The van der Waals surface area contributed by atoms with E-state index in [9.17, 15) is 14.0 Å². The zero-order chi connectivity index (χ0) is 15.2. The van der Waals surface area contributed by atoms with Crippen LogP contribution >= 0.6 is 0 Å². The molecule has 6 heteroatoms. The van der Waals surface area contributed by atoms with Crippen molar-refractivity contribution in [1.82, 2.24) is 4.98 Å². The number of rotatable bonds is 5. The molecule has 1 aromatic heterocycles. The van der Waals surface area contributed by atoms with Crippen LogP contribution in [0, 0.1) is 5.82 Å². The number of pyridine rings is 1. The van der Waals surface area contributed by atoms with Gasteiger partial charge in [-0.25, -0.2) is 9.18 Å². The smallest absolute Gasteiger partial charge is 0.339 e. The first-order valence-electron chi connectivity index (χ1n) is 6.04. The highest BCUT2D eigenvalue weighted by Crippen LogP contribution is 2.16. The van der Waals surface area contributed by atoms with Crippen molar-refractivity contribution in [2.45, 2.75) is 6.61 Å². The first-order chi connectivity index (χ1) is 10.1. The Kier molecular flexibility index (Phi) is 4.61. The topological polar surface area (TPSA) is 65.5 Å². The summed E-state index contributed by atoms with van der Waals surface area (Å²) in [5.74, 6) is -0.796. The van der Waals surface area contributed by atoms with E-state index in [0.717, 1.165) is 6.07 Å². The van der Waals surface area contributed by atoms with E-state index in [4.69, 9.17) is 4.74 Å². The molecule has 5 nitrogen and oxygen atoms in total. The van der Waals surface area contributed by atoms with Crippen LogP contribution in [0.25, 0.3) is 0 Å². The molecule has 0 fully saturated rings. The fourth-order valence-corrected chi connectivity index (χ4v) is 1.64. The molecule has 2 rings (SSSR count). The lowest BCUT2D eigenvalue weighted by molar-refractivity contribution is 0.0600. The van der Waals surface area contributed by atoms with Gasteiger partial charge in [0, 0.05) is 17.8 Å². The van der Waals surface area contributed by atoms with Crippen LogP contribution in [0.3, 0.4) is 0 Å². The minimum atomic E-state index is -0.552. The average molecular weight is 289 g/mol. The molecule has 0 saturated heterocycles. The molecule has 0 N–H and O–H groups in total. The molecular formula is C15H12FNO4. The fourth-order valence-electron chi connectivity index (χ4n) is 1.64. The van der Waals surface area contributed by atoms with Gasteiger partial charge in [-0.05, 0) is 24.3 Å². The summed E-state index contributed by atoms with van der Waals surface area (Å²) in [6.45, 7) is 0.0865. The van der Waals surface area contributed by atoms with Crippen LogP contribution in [0.15, 0.2) is 36.5 Å². The molecule has 0 aliphatic heterocycles. The Labute approximate surface area is 120 Å². The van der Waals surface area contributed by atoms with Gasteiger partial charge in [-0.2, -0.15) is 0 Å². The number of carbonyl (C=O) groups is 2. The van der Waals surface area contributed by atoms with Crippen molar-refractivity contribution in [3.8, 4) is 5.75 Å². The van der Waals surface area contributed by atoms with Crippen LogP contribution in [0.1, 0.15) is 26.4 Å². The van der Waals surface area contributed by atoms with Crippen LogP contribution in [0.2, 0.25) is 0 Å². The SMILES string of the molecule is COC(=O)c1ccc(COc2cc(F)cc(C=O)c2)nc1. The zero-order valence-electron chi connectivity index (χ0n) is 11.2. The molecule has 0 radical (unpaired) electrons. The van der Waals surface area contributed by atoms with E-state index >= 15 is 0 Å². The Balaban J connectivity index is 2.04. The van der Waals surface area contributed by atoms with Crippen molar-refractivity contribution in [3.63, 3.8) is 0 Å². The number of benzene rings is 1. The van der Waals surface area contributed by atoms with E-state index in [2.05, 4.69) is 9.72 Å². The predicted octanol–water partition coefficient (Wildman–Crippen LogP) is 2.40. The van der Waals surface area contributed by atoms with E-state index in [1.165, 1.54) is 25.4 Å². The number of ether oxygens (including phenoxy) is 2. The molecule has 0 saturated carbocycles. The molecule has 1 heterocycles. The molecule has 0 unspecified atom stereocenters. The van der Waals surface area contributed by atoms with Gasteiger partial charge in [0.05, 0.1) is 18.4 Å². The number of hydrogen-bond donors (Lipinski definition) is 0. The van der Waals surface area contributed by atoms with Gasteiger partial charge in [-0.1, -0.05) is 0 Å². The predicted molar refractivity (Wildman–Crippen MR) is 71.7 cm³/mol. The summed E-state index contributed by atoms with van der Waals surface area (Å²) in [5, 5.41) is 0. The number of methoxy groups -OCH3 is 1. The third-order valence-electron chi connectivity index (χ3n) is 2.66. The number of carbonyl (C=O) groups excluding carboxylic acids is 2. The van der Waals surface area contributed by atoms with Gasteiger partial charge in [0.15, 0.2) is 0 Å². The number of aldehydes is 1. The first-order valence-corrected chi connectivity index (χ1v) is 6.04. The normalized spacial score (nSPS) is 10.0. The molecule has 1 aromatic carbocycles. The number of esters is 1. The van der Waals surface area contributed by atoms with Crippen molar-refractivity contribution in [3.05, 3.63) is 59.2 Å². The van der Waals surface area contributed by atoms with Gasteiger partial charge in [0.2, 0.25) is 0 Å². The molecule has 0 bridgehead atoms. The van der Waals surface area contributed by atoms with E-state index in [1.807, 2.05) is 0 Å². The highest BCUT2D eigenvalue weighted by Gasteiger charge is 2.06. The maximum Gasteiger partial charge on any atom is 0.339 e. The van der Waals surface area contributed by atoms with Gasteiger partial charge >= 0.3 is 5.97 Å². The fraction of sp³-hybridized carbons (Fsp3) is 0.133. The van der Waals surface area contributed by atoms with Gasteiger partial charge in [-0.3, -0.25) is 9.78 Å². The number of halogens is 1. The third kappa shape index (κ3) is 3.85. The van der Waals surface area contributed by atoms with Crippen molar-refractivity contribution in [2.24, 2.45) is 0 Å². The number of aromatic nitrogens is 1. The summed E-state index contributed by atoms with van der Waals surface area (Å²) >= 11 is 0. The van der Waals surface area contributed by atoms with Gasteiger partial charge in [0.25, 0.3) is 0 Å². The van der Waals surface area contributed by atoms with Gasteiger partial charge < -0.3 is 9.47 Å². The maximum absolute atomic E-state index is 13.2. The quantitative estimate of drug-likeness (QED) is 0.624. The summed E-state index contributed by atoms with van der Waals surface area (Å²) in [7, 11) is 1.29. The van der Waals surface area contributed by atoms with E-state index in [0.29, 0.717) is 17.5 Å². The Bertz CT molecular complexity index is 655. The minimum absolute atomic E-state index is 0.0865. The van der Waals surface area contributed by atoms with E-state index in [1.54, 1.807) is 12.1 Å². The Morgan fingerprint density at radius 2 is 2.14 bits per heavy atom. The van der Waals surface area contributed by atoms with Crippen LogP contribution in [0.5, 0.6) is 5.75 Å². The summed E-state index contributed by atoms with van der Waals surface area (Å²) in [6.07, 6.45) is 1.91. The van der Waals surface area contributed by atoms with Crippen molar-refractivity contribution < 1.29 is 23.5 Å². The molecule has 2 aromatic rings. The summed E-state index contributed by atoms with van der Waals surface area (Å²) < 4.78 is 23.1. The summed E-state index contributed by atoms with van der Waals surface area (Å²) in [5.41, 5.74) is 1.08. The standard InChI is InChI=1S/C15H12FNO4/c1-20-15(19)11-2-3-13(17-7-11)9-21-14-5-10(8-18)4-12(16)6-14/h2-8H,9H2,1H3. The van der Waals surface area contributed by atoms with Gasteiger partial charge in [-0.15, -0.1) is 0 Å². The number of nitrogens with zero attached hydrogens (tertiary/aromatic N) is 1. The summed E-state index contributed by atoms with van der Waals surface area (Å²) in [6, 6.07) is 6.88. The lowest BCUT2D eigenvalue weighted by Gasteiger charge is -2.07. The highest BCUT2D eigenvalue weighted by atomic mass is 19.1.